The third kappa shape index (κ3) is 2.07. The second-order valence-corrected chi connectivity index (χ2v) is 2.64. The van der Waals surface area contributed by atoms with E-state index in [9.17, 15) is 8.78 Å². The highest BCUT2D eigenvalue weighted by Gasteiger charge is 2.09. The van der Waals surface area contributed by atoms with Crippen LogP contribution in [0.3, 0.4) is 0 Å². The van der Waals surface area contributed by atoms with Crippen LogP contribution < -0.4 is 4.74 Å². The Morgan fingerprint density at radius 2 is 2.00 bits per heavy atom. The van der Waals surface area contributed by atoms with E-state index in [0.717, 1.165) is 6.33 Å². The number of rotatable bonds is 2. The molecule has 3 nitrogen and oxygen atoms in total. The van der Waals surface area contributed by atoms with Crippen molar-refractivity contribution in [2.45, 2.75) is 0 Å². The van der Waals surface area contributed by atoms with Crippen molar-refractivity contribution >= 4 is 0 Å². The van der Waals surface area contributed by atoms with Crippen molar-refractivity contribution in [2.75, 3.05) is 0 Å². The second-order valence-electron chi connectivity index (χ2n) is 2.64. The third-order valence-corrected chi connectivity index (χ3v) is 1.63. The van der Waals surface area contributed by atoms with E-state index in [1.807, 2.05) is 6.20 Å². The Morgan fingerprint density at radius 3 is 2.73 bits per heavy atom. The molecule has 0 fully saturated rings. The van der Waals surface area contributed by atoms with Crippen LogP contribution in [0.25, 0.3) is 0 Å². The minimum Gasteiger partial charge on any atom is -0.433 e. The van der Waals surface area contributed by atoms with Crippen molar-refractivity contribution in [3.8, 4) is 11.6 Å². The smallest absolute Gasteiger partial charge is 0.259 e. The molecule has 1 aromatic carbocycles. The largest absolute Gasteiger partial charge is 0.433 e. The predicted octanol–water partition coefficient (Wildman–Crippen LogP) is 2.35. The molecule has 0 spiro atoms. The Morgan fingerprint density at radius 1 is 1.20 bits per heavy atom. The number of hydrogen-bond acceptors (Lipinski definition) is 3. The van der Waals surface area contributed by atoms with Crippen LogP contribution in [0, 0.1) is 17.8 Å². The van der Waals surface area contributed by atoms with Gasteiger partial charge in [-0.05, 0) is 12.1 Å². The molecule has 1 aromatic heterocycles. The fourth-order valence-corrected chi connectivity index (χ4v) is 0.974. The topological polar surface area (TPSA) is 35.0 Å². The normalized spacial score (nSPS) is 10.0. The summed E-state index contributed by atoms with van der Waals surface area (Å²) >= 11 is 0. The average Bonchev–Trinajstić information content (AvgIpc) is 2.24. The maximum Gasteiger partial charge on any atom is 0.259 e. The van der Waals surface area contributed by atoms with E-state index in [0.29, 0.717) is 0 Å². The SMILES string of the molecule is Fc1[c]ncnc1Oc1ccccc1F. The maximum atomic E-state index is 13.1. The summed E-state index contributed by atoms with van der Waals surface area (Å²) in [6, 6.07) is 5.65. The number of hydrogen-bond donors (Lipinski definition) is 0. The average molecular weight is 207 g/mol. The monoisotopic (exact) mass is 207 g/mol. The molecule has 0 amide bonds. The zero-order valence-electron chi connectivity index (χ0n) is 7.45. The van der Waals surface area contributed by atoms with Crippen LogP contribution in [0.4, 0.5) is 8.78 Å². The Labute approximate surface area is 84.4 Å². The summed E-state index contributed by atoms with van der Waals surface area (Å²) in [6.45, 7) is 0. The fraction of sp³-hybridized carbons (Fsp3) is 0. The number of ether oxygens (including phenoxy) is 1. The van der Waals surface area contributed by atoms with Crippen LogP contribution in [0.15, 0.2) is 30.6 Å². The first-order valence-corrected chi connectivity index (χ1v) is 4.08. The molecule has 0 saturated carbocycles. The third-order valence-electron chi connectivity index (χ3n) is 1.63. The fourth-order valence-electron chi connectivity index (χ4n) is 0.974. The maximum absolute atomic E-state index is 13.1. The van der Waals surface area contributed by atoms with Gasteiger partial charge in [-0.1, -0.05) is 12.1 Å². The van der Waals surface area contributed by atoms with Gasteiger partial charge < -0.3 is 4.74 Å². The summed E-state index contributed by atoms with van der Waals surface area (Å²) in [6.07, 6.45) is 3.08. The van der Waals surface area contributed by atoms with Crippen LogP contribution in [0.2, 0.25) is 0 Å². The minimum absolute atomic E-state index is 0.0940. The number of para-hydroxylation sites is 1. The van der Waals surface area contributed by atoms with Gasteiger partial charge >= 0.3 is 0 Å². The molecule has 1 heterocycles. The van der Waals surface area contributed by atoms with Crippen LogP contribution in [0.1, 0.15) is 0 Å². The number of nitrogens with zero attached hydrogens (tertiary/aromatic N) is 2. The summed E-state index contributed by atoms with van der Waals surface area (Å²) in [7, 11) is 0. The molecule has 0 saturated heterocycles. The van der Waals surface area contributed by atoms with Crippen LogP contribution in [-0.2, 0) is 0 Å². The lowest BCUT2D eigenvalue weighted by Gasteiger charge is -2.04. The van der Waals surface area contributed by atoms with Crippen molar-refractivity contribution in [1.82, 2.24) is 9.97 Å². The van der Waals surface area contributed by atoms with Gasteiger partial charge in [-0.3, -0.25) is 0 Å². The predicted molar refractivity (Wildman–Crippen MR) is 47.3 cm³/mol. The zero-order valence-corrected chi connectivity index (χ0v) is 7.45. The van der Waals surface area contributed by atoms with Crippen LogP contribution >= 0.6 is 0 Å². The van der Waals surface area contributed by atoms with Crippen LogP contribution in [0.5, 0.6) is 11.6 Å². The number of aromatic nitrogens is 2. The van der Waals surface area contributed by atoms with Gasteiger partial charge in [0.1, 0.15) is 12.5 Å². The van der Waals surface area contributed by atoms with E-state index in [2.05, 4.69) is 9.97 Å². The lowest BCUT2D eigenvalue weighted by atomic mass is 10.3. The molecule has 75 valence electrons. The minimum atomic E-state index is -0.860. The Balaban J connectivity index is 2.30. The van der Waals surface area contributed by atoms with E-state index >= 15 is 0 Å². The molecule has 0 unspecified atom stereocenters. The van der Waals surface area contributed by atoms with Gasteiger partial charge in [0.25, 0.3) is 5.88 Å². The summed E-state index contributed by atoms with van der Waals surface area (Å²) < 4.78 is 31.0. The van der Waals surface area contributed by atoms with Gasteiger partial charge in [0.15, 0.2) is 11.6 Å². The first-order valence-electron chi connectivity index (χ1n) is 4.08. The van der Waals surface area contributed by atoms with E-state index in [4.69, 9.17) is 4.74 Å². The van der Waals surface area contributed by atoms with Crippen molar-refractivity contribution < 1.29 is 13.5 Å². The van der Waals surface area contributed by atoms with E-state index in [1.165, 1.54) is 18.2 Å². The lowest BCUT2D eigenvalue weighted by molar-refractivity contribution is 0.395. The van der Waals surface area contributed by atoms with Gasteiger partial charge in [0.2, 0.25) is 5.82 Å². The Kier molecular flexibility index (Phi) is 2.53. The molecule has 5 heteroatoms. The Bertz CT molecular complexity index is 433. The highest BCUT2D eigenvalue weighted by Crippen LogP contribution is 2.23. The first-order chi connectivity index (χ1) is 7.27. The van der Waals surface area contributed by atoms with Crippen molar-refractivity contribution in [2.24, 2.45) is 0 Å². The molecule has 0 aliphatic rings. The van der Waals surface area contributed by atoms with E-state index in [-0.39, 0.29) is 11.6 Å². The number of benzene rings is 1. The van der Waals surface area contributed by atoms with Gasteiger partial charge in [0, 0.05) is 0 Å². The second kappa shape index (κ2) is 4.00. The molecule has 0 aliphatic carbocycles. The van der Waals surface area contributed by atoms with Crippen molar-refractivity contribution in [1.29, 1.82) is 0 Å². The van der Waals surface area contributed by atoms with E-state index in [1.54, 1.807) is 6.07 Å². The molecule has 0 N–H and O–H groups in total. The summed E-state index contributed by atoms with van der Waals surface area (Å²) in [5, 5.41) is 0. The van der Waals surface area contributed by atoms with Gasteiger partial charge in [-0.2, -0.15) is 9.37 Å². The lowest BCUT2D eigenvalue weighted by Crippen LogP contribution is -1.94. The van der Waals surface area contributed by atoms with Crippen molar-refractivity contribution in [3.05, 3.63) is 48.4 Å². The van der Waals surface area contributed by atoms with Crippen LogP contribution in [-0.4, -0.2) is 9.97 Å². The molecule has 0 aliphatic heterocycles. The highest BCUT2D eigenvalue weighted by molar-refractivity contribution is 5.28. The van der Waals surface area contributed by atoms with Crippen molar-refractivity contribution in [3.63, 3.8) is 0 Å². The molecule has 1 radical (unpaired) electrons. The number of halogens is 2. The molecular formula is C10H5F2N2O. The molecule has 0 atom stereocenters. The van der Waals surface area contributed by atoms with Gasteiger partial charge in [0.05, 0.1) is 0 Å². The molecule has 0 bridgehead atoms. The van der Waals surface area contributed by atoms with E-state index < -0.39 is 11.6 Å². The molecule has 2 aromatic rings. The highest BCUT2D eigenvalue weighted by atomic mass is 19.1. The molecule has 2 rings (SSSR count). The van der Waals surface area contributed by atoms with Gasteiger partial charge in [-0.25, -0.2) is 9.37 Å². The summed E-state index contributed by atoms with van der Waals surface area (Å²) in [4.78, 5) is 6.83. The quantitative estimate of drug-likeness (QED) is 0.758. The first kappa shape index (κ1) is 9.51. The molecule has 15 heavy (non-hydrogen) atoms. The van der Waals surface area contributed by atoms with Gasteiger partial charge in [-0.15, -0.1) is 0 Å². The zero-order chi connectivity index (χ0) is 10.7. The molecular weight excluding hydrogens is 202 g/mol. The Hall–Kier alpha value is -2.04. The standard InChI is InChI=1S/C10H5F2N2O/c11-7-3-1-2-4-9(7)15-10-8(12)5-13-6-14-10/h1-4,6H. The summed E-state index contributed by atoms with van der Waals surface area (Å²) in [5.41, 5.74) is 0. The summed E-state index contributed by atoms with van der Waals surface area (Å²) in [5.74, 6) is -1.89.